The lowest BCUT2D eigenvalue weighted by molar-refractivity contribution is 0.254. The fourth-order valence-electron chi connectivity index (χ4n) is 2.87. The molecule has 0 atom stereocenters. The molecule has 0 saturated heterocycles. The van der Waals surface area contributed by atoms with E-state index < -0.39 is 5.82 Å². The minimum atomic E-state index is -0.467. The maximum atomic E-state index is 14.0. The minimum absolute atomic E-state index is 0.168. The highest BCUT2D eigenvalue weighted by molar-refractivity contribution is 5.89. The SMILES string of the molecule is COc1ccc(-c2ccc3c(OC)c(CO)c(CO)cc3n2)cc1F. The number of nitrogens with zero attached hydrogens (tertiary/aromatic N) is 1. The van der Waals surface area contributed by atoms with E-state index in [1.807, 2.05) is 0 Å². The third-order valence-corrected chi connectivity index (χ3v) is 4.12. The highest BCUT2D eigenvalue weighted by atomic mass is 19.1. The van der Waals surface area contributed by atoms with E-state index in [0.29, 0.717) is 39.0 Å². The third kappa shape index (κ3) is 3.01. The predicted octanol–water partition coefficient (Wildman–Crippen LogP) is 3.04. The highest BCUT2D eigenvalue weighted by Crippen LogP contribution is 2.34. The second kappa shape index (κ2) is 7.04. The van der Waals surface area contributed by atoms with Crippen molar-refractivity contribution < 1.29 is 24.1 Å². The summed E-state index contributed by atoms with van der Waals surface area (Å²) in [7, 11) is 2.91. The second-order valence-electron chi connectivity index (χ2n) is 5.48. The van der Waals surface area contributed by atoms with Crippen molar-refractivity contribution in [3.63, 3.8) is 0 Å². The van der Waals surface area contributed by atoms with Gasteiger partial charge in [-0.25, -0.2) is 9.37 Å². The van der Waals surface area contributed by atoms with Crippen LogP contribution in [0.1, 0.15) is 11.1 Å². The van der Waals surface area contributed by atoms with E-state index in [1.54, 1.807) is 30.3 Å². The van der Waals surface area contributed by atoms with Gasteiger partial charge in [-0.15, -0.1) is 0 Å². The van der Waals surface area contributed by atoms with Crippen LogP contribution < -0.4 is 9.47 Å². The molecule has 2 N–H and O–H groups in total. The van der Waals surface area contributed by atoms with E-state index in [2.05, 4.69) is 4.98 Å². The van der Waals surface area contributed by atoms with Gasteiger partial charge < -0.3 is 19.7 Å². The maximum Gasteiger partial charge on any atom is 0.165 e. The number of benzene rings is 2. The molecule has 0 unspecified atom stereocenters. The van der Waals surface area contributed by atoms with Crippen LogP contribution in [-0.4, -0.2) is 29.4 Å². The molecule has 2 aromatic carbocycles. The summed E-state index contributed by atoms with van der Waals surface area (Å²) in [6.45, 7) is -0.494. The molecule has 1 aromatic heterocycles. The molecule has 0 radical (unpaired) electrons. The zero-order chi connectivity index (χ0) is 18.0. The highest BCUT2D eigenvalue weighted by Gasteiger charge is 2.15. The first kappa shape index (κ1) is 17.1. The Labute approximate surface area is 144 Å². The zero-order valence-corrected chi connectivity index (χ0v) is 13.9. The van der Waals surface area contributed by atoms with E-state index in [1.165, 1.54) is 20.3 Å². The molecule has 0 saturated carbocycles. The van der Waals surface area contributed by atoms with Gasteiger partial charge in [0.25, 0.3) is 0 Å². The molecule has 1 heterocycles. The van der Waals surface area contributed by atoms with Crippen LogP contribution in [0, 0.1) is 5.82 Å². The first-order valence-corrected chi connectivity index (χ1v) is 7.68. The molecule has 0 aliphatic carbocycles. The molecule has 5 nitrogen and oxygen atoms in total. The summed E-state index contributed by atoms with van der Waals surface area (Å²) in [6.07, 6.45) is 0. The van der Waals surface area contributed by atoms with Gasteiger partial charge in [0.1, 0.15) is 5.75 Å². The summed E-state index contributed by atoms with van der Waals surface area (Å²) in [5.41, 5.74) is 2.85. The Morgan fingerprint density at radius 1 is 1.00 bits per heavy atom. The number of fused-ring (bicyclic) bond motifs is 1. The number of hydrogen-bond acceptors (Lipinski definition) is 5. The van der Waals surface area contributed by atoms with Gasteiger partial charge in [-0.05, 0) is 42.0 Å². The van der Waals surface area contributed by atoms with Crippen LogP contribution in [0.2, 0.25) is 0 Å². The van der Waals surface area contributed by atoms with Crippen molar-refractivity contribution >= 4 is 10.9 Å². The predicted molar refractivity (Wildman–Crippen MR) is 92.1 cm³/mol. The Morgan fingerprint density at radius 2 is 1.80 bits per heavy atom. The molecule has 0 aliphatic heterocycles. The summed E-state index contributed by atoms with van der Waals surface area (Å²) < 4.78 is 24.3. The number of aliphatic hydroxyl groups excluding tert-OH is 2. The van der Waals surface area contributed by atoms with E-state index in [-0.39, 0.29) is 19.0 Å². The number of ether oxygens (including phenoxy) is 2. The Bertz CT molecular complexity index is 927. The van der Waals surface area contributed by atoms with E-state index in [0.717, 1.165) is 0 Å². The van der Waals surface area contributed by atoms with Crippen molar-refractivity contribution in [2.24, 2.45) is 0 Å². The summed E-state index contributed by atoms with van der Waals surface area (Å²) in [6, 6.07) is 9.89. The van der Waals surface area contributed by atoms with Crippen molar-refractivity contribution in [3.05, 3.63) is 53.3 Å². The van der Waals surface area contributed by atoms with Crippen molar-refractivity contribution in [2.75, 3.05) is 14.2 Å². The van der Waals surface area contributed by atoms with Crippen LogP contribution in [0.3, 0.4) is 0 Å². The Hall–Kier alpha value is -2.70. The second-order valence-corrected chi connectivity index (χ2v) is 5.48. The van der Waals surface area contributed by atoms with Crippen LogP contribution in [0.25, 0.3) is 22.2 Å². The molecule has 0 amide bonds. The van der Waals surface area contributed by atoms with E-state index in [9.17, 15) is 14.6 Å². The summed E-state index contributed by atoms with van der Waals surface area (Å²) in [5.74, 6) is 0.177. The van der Waals surface area contributed by atoms with E-state index in [4.69, 9.17) is 9.47 Å². The number of hydrogen-bond donors (Lipinski definition) is 2. The smallest absolute Gasteiger partial charge is 0.165 e. The molecule has 0 fully saturated rings. The number of aromatic nitrogens is 1. The quantitative estimate of drug-likeness (QED) is 0.745. The van der Waals surface area contributed by atoms with Crippen LogP contribution in [-0.2, 0) is 13.2 Å². The van der Waals surface area contributed by atoms with E-state index >= 15 is 0 Å². The van der Waals surface area contributed by atoms with Gasteiger partial charge >= 0.3 is 0 Å². The lowest BCUT2D eigenvalue weighted by atomic mass is 10.0. The van der Waals surface area contributed by atoms with Crippen molar-refractivity contribution in [1.82, 2.24) is 4.98 Å². The van der Waals surface area contributed by atoms with Gasteiger partial charge in [-0.2, -0.15) is 0 Å². The standard InChI is InChI=1S/C19H18FNO4/c1-24-18-6-3-11(7-15(18)20)16-5-4-13-17(21-16)8-12(9-22)14(10-23)19(13)25-2/h3-8,22-23H,9-10H2,1-2H3. The Kier molecular flexibility index (Phi) is 4.83. The summed E-state index contributed by atoms with van der Waals surface area (Å²) >= 11 is 0. The van der Waals surface area contributed by atoms with Crippen molar-refractivity contribution in [3.8, 4) is 22.8 Å². The average Bonchev–Trinajstić information content (AvgIpc) is 2.65. The molecule has 25 heavy (non-hydrogen) atoms. The molecule has 3 rings (SSSR count). The zero-order valence-electron chi connectivity index (χ0n) is 13.9. The van der Waals surface area contributed by atoms with Gasteiger partial charge in [0, 0.05) is 16.5 Å². The Morgan fingerprint density at radius 3 is 2.40 bits per heavy atom. The number of halogens is 1. The molecular weight excluding hydrogens is 325 g/mol. The number of rotatable bonds is 5. The van der Waals surface area contributed by atoms with Crippen LogP contribution in [0.15, 0.2) is 36.4 Å². The van der Waals surface area contributed by atoms with Crippen LogP contribution in [0.4, 0.5) is 4.39 Å². The Balaban J connectivity index is 2.18. The normalized spacial score (nSPS) is 10.9. The topological polar surface area (TPSA) is 71.8 Å². The number of aliphatic hydroxyl groups is 2. The molecule has 0 aliphatic rings. The molecule has 6 heteroatoms. The molecule has 0 bridgehead atoms. The maximum absolute atomic E-state index is 14.0. The fourth-order valence-corrected chi connectivity index (χ4v) is 2.87. The van der Waals surface area contributed by atoms with Gasteiger partial charge in [-0.3, -0.25) is 0 Å². The van der Waals surface area contributed by atoms with Crippen molar-refractivity contribution in [1.29, 1.82) is 0 Å². The van der Waals surface area contributed by atoms with Gasteiger partial charge in [0.2, 0.25) is 0 Å². The minimum Gasteiger partial charge on any atom is -0.496 e. The number of methoxy groups -OCH3 is 2. The monoisotopic (exact) mass is 343 g/mol. The molecule has 130 valence electrons. The van der Waals surface area contributed by atoms with Crippen LogP contribution in [0.5, 0.6) is 11.5 Å². The first-order chi connectivity index (χ1) is 12.1. The van der Waals surface area contributed by atoms with Gasteiger partial charge in [0.15, 0.2) is 11.6 Å². The summed E-state index contributed by atoms with van der Waals surface area (Å²) in [5, 5.41) is 19.8. The molecule has 3 aromatic rings. The summed E-state index contributed by atoms with van der Waals surface area (Å²) in [4.78, 5) is 4.55. The third-order valence-electron chi connectivity index (χ3n) is 4.12. The first-order valence-electron chi connectivity index (χ1n) is 7.68. The molecular formula is C19H18FNO4. The van der Waals surface area contributed by atoms with Gasteiger partial charge in [0.05, 0.1) is 38.6 Å². The average molecular weight is 343 g/mol. The number of pyridine rings is 1. The lowest BCUT2D eigenvalue weighted by Crippen LogP contribution is -2.01. The largest absolute Gasteiger partial charge is 0.496 e. The molecule has 0 spiro atoms. The van der Waals surface area contributed by atoms with Crippen LogP contribution >= 0.6 is 0 Å². The lowest BCUT2D eigenvalue weighted by Gasteiger charge is -2.14. The van der Waals surface area contributed by atoms with Gasteiger partial charge in [-0.1, -0.05) is 0 Å². The van der Waals surface area contributed by atoms with Crippen molar-refractivity contribution in [2.45, 2.75) is 13.2 Å². The fraction of sp³-hybridized carbons (Fsp3) is 0.211.